The normalized spacial score (nSPS) is 24.0. The number of nitrogens with one attached hydrogen (secondary N) is 2. The zero-order chi connectivity index (χ0) is 23.4. The number of hydrogen-bond acceptors (Lipinski definition) is 9. The molecule has 2 amide bonds. The molecular weight excluding hydrogens is 480 g/mol. The summed E-state index contributed by atoms with van der Waals surface area (Å²) in [4.78, 5) is 47.0. The van der Waals surface area contributed by atoms with Gasteiger partial charge in [-0.3, -0.25) is 19.4 Å². The highest BCUT2D eigenvalue weighted by molar-refractivity contribution is 8.14. The number of cyclic esters (lactones) is 1. The molecule has 1 aromatic heterocycles. The van der Waals surface area contributed by atoms with Crippen LogP contribution in [0.25, 0.3) is 0 Å². The molecule has 4 bridgehead atoms. The summed E-state index contributed by atoms with van der Waals surface area (Å²) in [6, 6.07) is 7.77. The fourth-order valence-corrected chi connectivity index (χ4v) is 5.65. The second-order valence-corrected chi connectivity index (χ2v) is 10.3. The Kier molecular flexibility index (Phi) is 7.40. The van der Waals surface area contributed by atoms with Crippen LogP contribution < -0.4 is 10.6 Å². The number of aromatic nitrogens is 1. The van der Waals surface area contributed by atoms with E-state index < -0.39 is 17.6 Å². The Morgan fingerprint density at radius 3 is 2.85 bits per heavy atom. The molecule has 2 aliphatic rings. The Morgan fingerprint density at radius 1 is 1.21 bits per heavy atom. The summed E-state index contributed by atoms with van der Waals surface area (Å²) in [5.74, 6) is -0.148. The van der Waals surface area contributed by atoms with Gasteiger partial charge in [0, 0.05) is 23.3 Å². The minimum Gasteiger partial charge on any atom is -0.460 e. The first kappa shape index (κ1) is 23.8. The number of thiazole rings is 1. The molecule has 174 valence electrons. The highest BCUT2D eigenvalue weighted by Gasteiger charge is 2.39. The number of aliphatic imine (C=N–C) groups is 1. The van der Waals surface area contributed by atoms with Crippen LogP contribution in [0.3, 0.4) is 0 Å². The number of thioether (sulfide) groups is 1. The molecule has 2 aromatic rings. The Labute approximate surface area is 205 Å². The Morgan fingerprint density at radius 2 is 2.03 bits per heavy atom. The minimum atomic E-state index is -0.984. The number of benzene rings is 1. The van der Waals surface area contributed by atoms with Gasteiger partial charge < -0.3 is 15.4 Å². The van der Waals surface area contributed by atoms with Crippen LogP contribution in [0.5, 0.6) is 0 Å². The van der Waals surface area contributed by atoms with E-state index in [1.807, 2.05) is 29.6 Å². The van der Waals surface area contributed by atoms with Crippen molar-refractivity contribution in [1.29, 1.82) is 0 Å². The van der Waals surface area contributed by atoms with Crippen LogP contribution in [0.15, 0.2) is 34.6 Å². The van der Waals surface area contributed by atoms with Crippen molar-refractivity contribution in [2.45, 2.75) is 43.7 Å². The van der Waals surface area contributed by atoms with E-state index >= 15 is 0 Å². The molecule has 11 heteroatoms. The number of amides is 2. The highest BCUT2D eigenvalue weighted by Crippen LogP contribution is 2.31. The third-order valence-corrected chi connectivity index (χ3v) is 7.77. The predicted octanol–water partition coefficient (Wildman–Crippen LogP) is 2.12. The van der Waals surface area contributed by atoms with Gasteiger partial charge in [-0.15, -0.1) is 23.1 Å². The van der Waals surface area contributed by atoms with Crippen LogP contribution in [0, 0.1) is 0 Å². The van der Waals surface area contributed by atoms with Crippen molar-refractivity contribution in [2.75, 3.05) is 12.3 Å². The molecule has 8 nitrogen and oxygen atoms in total. The minimum absolute atomic E-state index is 0.00327. The molecule has 2 unspecified atom stereocenters. The first-order chi connectivity index (χ1) is 15.8. The quantitative estimate of drug-likeness (QED) is 0.436. The van der Waals surface area contributed by atoms with Crippen LogP contribution in [0.2, 0.25) is 0 Å². The standard InChI is InChI=1S/C22H24N4O4S3/c1-22-12-33-20(26-22)16-11-32-18(25-16)8-23-17(27)7-15(30-19(28)9-24-21(22)29)6-13-3-2-4-14(5-13)10-31/h2-5,11,15,31H,6-10,12H2,1H3,(H,23,27)(H,24,29). The summed E-state index contributed by atoms with van der Waals surface area (Å²) in [6.45, 7) is 1.72. The molecule has 2 aliphatic heterocycles. The summed E-state index contributed by atoms with van der Waals surface area (Å²) in [6.07, 6.45) is -0.298. The zero-order valence-electron chi connectivity index (χ0n) is 18.0. The van der Waals surface area contributed by atoms with Gasteiger partial charge in [0.15, 0.2) is 0 Å². The van der Waals surface area contributed by atoms with Gasteiger partial charge in [0.2, 0.25) is 11.8 Å². The number of carbonyl (C=O) groups excluding carboxylic acids is 3. The van der Waals surface area contributed by atoms with E-state index in [2.05, 4.69) is 33.2 Å². The first-order valence-corrected chi connectivity index (χ1v) is 12.9. The van der Waals surface area contributed by atoms with E-state index in [1.54, 1.807) is 6.92 Å². The molecule has 0 saturated heterocycles. The van der Waals surface area contributed by atoms with E-state index in [9.17, 15) is 14.4 Å². The SMILES string of the molecule is CC12CSC(=N1)c1csc(n1)CNC(=O)CC(Cc1cccc(CS)c1)OC(=O)CNC2=O. The molecule has 1 aromatic carbocycles. The number of carbonyl (C=O) groups is 3. The number of rotatable bonds is 3. The largest absolute Gasteiger partial charge is 0.460 e. The molecule has 4 rings (SSSR count). The smallest absolute Gasteiger partial charge is 0.325 e. The monoisotopic (exact) mass is 504 g/mol. The molecule has 0 radical (unpaired) electrons. The van der Waals surface area contributed by atoms with Gasteiger partial charge in [0.25, 0.3) is 0 Å². The summed E-state index contributed by atoms with van der Waals surface area (Å²) in [5, 5.41) is 8.79. The van der Waals surface area contributed by atoms with E-state index in [1.165, 1.54) is 23.1 Å². The van der Waals surface area contributed by atoms with Crippen LogP contribution in [-0.2, 0) is 37.8 Å². The summed E-state index contributed by atoms with van der Waals surface area (Å²) >= 11 is 7.18. The number of ether oxygens (including phenoxy) is 1. The molecule has 2 atom stereocenters. The Hall–Kier alpha value is -2.37. The van der Waals surface area contributed by atoms with E-state index in [0.717, 1.165) is 16.1 Å². The summed E-state index contributed by atoms with van der Waals surface area (Å²) in [5.41, 5.74) is 1.68. The van der Waals surface area contributed by atoms with Crippen molar-refractivity contribution in [1.82, 2.24) is 15.6 Å². The third kappa shape index (κ3) is 5.96. The van der Waals surface area contributed by atoms with Crippen molar-refractivity contribution in [3.8, 4) is 0 Å². The molecule has 33 heavy (non-hydrogen) atoms. The number of esters is 1. The van der Waals surface area contributed by atoms with E-state index in [0.29, 0.717) is 28.7 Å². The van der Waals surface area contributed by atoms with Gasteiger partial charge in [0.05, 0.1) is 13.0 Å². The molecule has 0 saturated carbocycles. The van der Waals surface area contributed by atoms with Crippen LogP contribution in [0.4, 0.5) is 0 Å². The van der Waals surface area contributed by atoms with Gasteiger partial charge in [-0.2, -0.15) is 12.6 Å². The molecule has 0 aliphatic carbocycles. The van der Waals surface area contributed by atoms with E-state index in [4.69, 9.17) is 4.74 Å². The molecular formula is C22H24N4O4S3. The van der Waals surface area contributed by atoms with Crippen LogP contribution >= 0.6 is 35.7 Å². The lowest BCUT2D eigenvalue weighted by atomic mass is 10.0. The number of hydrogen-bond donors (Lipinski definition) is 3. The molecule has 3 heterocycles. The lowest BCUT2D eigenvalue weighted by Crippen LogP contribution is -2.46. The summed E-state index contributed by atoms with van der Waals surface area (Å²) in [7, 11) is 0. The molecule has 2 N–H and O–H groups in total. The van der Waals surface area contributed by atoms with Crippen LogP contribution in [-0.4, -0.2) is 51.8 Å². The predicted molar refractivity (Wildman–Crippen MR) is 132 cm³/mol. The fourth-order valence-electron chi connectivity index (χ4n) is 3.53. The second-order valence-electron chi connectivity index (χ2n) is 8.06. The van der Waals surface area contributed by atoms with Crippen molar-refractivity contribution in [3.05, 3.63) is 51.5 Å². The summed E-state index contributed by atoms with van der Waals surface area (Å²) < 4.78 is 5.60. The van der Waals surface area contributed by atoms with Gasteiger partial charge in [-0.1, -0.05) is 24.3 Å². The second kappa shape index (κ2) is 10.3. The number of fused-ring (bicyclic) bond motifs is 4. The van der Waals surface area contributed by atoms with Crippen molar-refractivity contribution < 1.29 is 19.1 Å². The van der Waals surface area contributed by atoms with Gasteiger partial charge >= 0.3 is 5.97 Å². The lowest BCUT2D eigenvalue weighted by Gasteiger charge is -2.21. The first-order valence-electron chi connectivity index (χ1n) is 10.5. The Bertz CT molecular complexity index is 1100. The van der Waals surface area contributed by atoms with Gasteiger partial charge in [-0.05, 0) is 18.1 Å². The van der Waals surface area contributed by atoms with E-state index in [-0.39, 0.29) is 31.3 Å². The average molecular weight is 505 g/mol. The Balaban J connectivity index is 1.54. The van der Waals surface area contributed by atoms with Crippen LogP contribution in [0.1, 0.15) is 35.2 Å². The fraction of sp³-hybridized carbons (Fsp3) is 0.409. The molecule has 0 spiro atoms. The van der Waals surface area contributed by atoms with Crippen molar-refractivity contribution in [2.24, 2.45) is 4.99 Å². The average Bonchev–Trinajstić information content (AvgIpc) is 3.43. The topological polar surface area (TPSA) is 110 Å². The maximum Gasteiger partial charge on any atom is 0.325 e. The maximum absolute atomic E-state index is 12.8. The third-order valence-electron chi connectivity index (χ3n) is 5.28. The molecule has 0 fully saturated rings. The van der Waals surface area contributed by atoms with Crippen molar-refractivity contribution in [3.63, 3.8) is 0 Å². The highest BCUT2D eigenvalue weighted by atomic mass is 32.2. The van der Waals surface area contributed by atoms with Gasteiger partial charge in [-0.25, -0.2) is 4.98 Å². The number of thiol groups is 1. The maximum atomic E-state index is 12.8. The number of nitrogens with zero attached hydrogens (tertiary/aromatic N) is 2. The van der Waals surface area contributed by atoms with Gasteiger partial charge in [0.1, 0.15) is 33.9 Å². The van der Waals surface area contributed by atoms with Crippen molar-refractivity contribution >= 4 is 58.6 Å². The lowest BCUT2D eigenvalue weighted by molar-refractivity contribution is -0.150. The zero-order valence-corrected chi connectivity index (χ0v) is 20.5.